The molecule has 3 aromatic heterocycles. The molecule has 164 valence electrons. The molecule has 32 heavy (non-hydrogen) atoms. The van der Waals surface area contributed by atoms with Gasteiger partial charge < -0.3 is 15.1 Å². The number of hydrogen-bond acceptors (Lipinski definition) is 8. The summed E-state index contributed by atoms with van der Waals surface area (Å²) in [6, 6.07) is 8.54. The van der Waals surface area contributed by atoms with Crippen molar-refractivity contribution in [2.75, 3.05) is 43.4 Å². The second-order valence-corrected chi connectivity index (χ2v) is 9.20. The lowest BCUT2D eigenvalue weighted by atomic mass is 10.0. The predicted octanol–water partition coefficient (Wildman–Crippen LogP) is 4.13. The molecule has 0 atom stereocenters. The first-order valence-electron chi connectivity index (χ1n) is 10.9. The Morgan fingerprint density at radius 2 is 1.84 bits per heavy atom. The van der Waals surface area contributed by atoms with Gasteiger partial charge in [0.15, 0.2) is 0 Å². The Balaban J connectivity index is 1.40. The average molecular weight is 446 g/mol. The van der Waals surface area contributed by atoms with Crippen molar-refractivity contribution in [2.45, 2.75) is 20.4 Å². The van der Waals surface area contributed by atoms with E-state index in [4.69, 9.17) is 4.98 Å². The van der Waals surface area contributed by atoms with E-state index >= 15 is 0 Å². The number of aromatic nitrogens is 4. The first kappa shape index (κ1) is 20.8. The normalized spacial score (nSPS) is 14.8. The Morgan fingerprint density at radius 3 is 2.66 bits per heavy atom. The zero-order valence-corrected chi connectivity index (χ0v) is 19.5. The number of thiophene rings is 1. The lowest BCUT2D eigenvalue weighted by Gasteiger charge is -2.32. The van der Waals surface area contributed by atoms with Crippen molar-refractivity contribution in [2.24, 2.45) is 0 Å². The van der Waals surface area contributed by atoms with Gasteiger partial charge in [0.1, 0.15) is 17.0 Å². The Labute approximate surface area is 192 Å². The van der Waals surface area contributed by atoms with Crippen LogP contribution < -0.4 is 10.2 Å². The number of nitrogens with zero attached hydrogens (tertiary/aromatic N) is 6. The third-order valence-electron chi connectivity index (χ3n) is 6.11. The first-order valence-corrected chi connectivity index (χ1v) is 11.8. The third kappa shape index (κ3) is 4.16. The number of likely N-dealkylation sites (N-methyl/N-ethyl adjacent to an activating group) is 1. The summed E-state index contributed by atoms with van der Waals surface area (Å²) in [6.07, 6.45) is 3.47. The number of nitrogens with one attached hydrogen (secondary N) is 1. The van der Waals surface area contributed by atoms with Gasteiger partial charge in [-0.3, -0.25) is 0 Å². The fourth-order valence-corrected chi connectivity index (χ4v) is 4.86. The molecule has 1 aliphatic rings. The smallest absolute Gasteiger partial charge is 0.225 e. The second kappa shape index (κ2) is 8.80. The Hall–Kier alpha value is -3.10. The minimum absolute atomic E-state index is 0.581. The van der Waals surface area contributed by atoms with E-state index in [0.29, 0.717) is 6.54 Å². The van der Waals surface area contributed by atoms with Gasteiger partial charge in [0.25, 0.3) is 0 Å². The van der Waals surface area contributed by atoms with E-state index in [1.54, 1.807) is 17.7 Å². The zero-order chi connectivity index (χ0) is 22.1. The molecule has 1 saturated heterocycles. The summed E-state index contributed by atoms with van der Waals surface area (Å²) < 4.78 is 0. The van der Waals surface area contributed by atoms with E-state index in [2.05, 4.69) is 74.5 Å². The summed E-state index contributed by atoms with van der Waals surface area (Å²) in [5, 5.41) is 6.74. The van der Waals surface area contributed by atoms with Gasteiger partial charge in [-0.15, -0.1) is 11.3 Å². The minimum atomic E-state index is 0.581. The highest BCUT2D eigenvalue weighted by Gasteiger charge is 2.17. The number of hydrogen-bond donors (Lipinski definition) is 1. The monoisotopic (exact) mass is 445 g/mol. The quantitative estimate of drug-likeness (QED) is 0.495. The molecule has 1 aromatic carbocycles. The van der Waals surface area contributed by atoms with E-state index in [-0.39, 0.29) is 0 Å². The Morgan fingerprint density at radius 1 is 1.00 bits per heavy atom. The molecule has 1 fully saturated rings. The summed E-state index contributed by atoms with van der Waals surface area (Å²) in [5.74, 6) is 1.64. The van der Waals surface area contributed by atoms with Gasteiger partial charge >= 0.3 is 0 Å². The maximum absolute atomic E-state index is 4.80. The fourth-order valence-electron chi connectivity index (χ4n) is 3.95. The minimum Gasteiger partial charge on any atom is -0.364 e. The molecule has 4 heterocycles. The largest absolute Gasteiger partial charge is 0.364 e. The van der Waals surface area contributed by atoms with Gasteiger partial charge in [0, 0.05) is 43.3 Å². The van der Waals surface area contributed by atoms with Crippen molar-refractivity contribution in [3.63, 3.8) is 0 Å². The van der Waals surface area contributed by atoms with Crippen LogP contribution in [-0.4, -0.2) is 58.1 Å². The predicted molar refractivity (Wildman–Crippen MR) is 131 cm³/mol. The van der Waals surface area contributed by atoms with Crippen molar-refractivity contribution in [1.29, 1.82) is 0 Å². The van der Waals surface area contributed by atoms with E-state index in [1.165, 1.54) is 16.7 Å². The molecule has 0 amide bonds. The van der Waals surface area contributed by atoms with Crippen molar-refractivity contribution < 1.29 is 0 Å². The van der Waals surface area contributed by atoms with Crippen LogP contribution in [-0.2, 0) is 6.54 Å². The number of anilines is 2. The molecule has 0 unspecified atom stereocenters. The number of benzene rings is 1. The van der Waals surface area contributed by atoms with E-state index < -0.39 is 0 Å². The van der Waals surface area contributed by atoms with Crippen molar-refractivity contribution in [3.05, 3.63) is 59.0 Å². The summed E-state index contributed by atoms with van der Waals surface area (Å²) in [4.78, 5) is 23.9. The van der Waals surface area contributed by atoms with E-state index in [1.807, 2.05) is 12.3 Å². The lowest BCUT2D eigenvalue weighted by Crippen LogP contribution is -2.45. The molecular weight excluding hydrogens is 418 g/mol. The standard InChI is InChI=1S/C24H27N7S/c1-16-4-5-18(12-17(16)2)20-14-32-23-21(20)22(27-15-28-23)26-13-19-6-7-25-24(29-19)31-10-8-30(3)9-11-31/h4-7,12,14-15H,8-11,13H2,1-3H3,(H,26,27,28). The van der Waals surface area contributed by atoms with E-state index in [9.17, 15) is 0 Å². The van der Waals surface area contributed by atoms with Gasteiger partial charge in [-0.1, -0.05) is 18.2 Å². The molecule has 0 spiro atoms. The fraction of sp³-hybridized carbons (Fsp3) is 0.333. The molecule has 1 N–H and O–H groups in total. The van der Waals surface area contributed by atoms with Gasteiger partial charge in [-0.05, 0) is 43.7 Å². The van der Waals surface area contributed by atoms with Crippen LogP contribution in [0.2, 0.25) is 0 Å². The molecule has 4 aromatic rings. The summed E-state index contributed by atoms with van der Waals surface area (Å²) >= 11 is 1.65. The SMILES string of the molecule is Cc1ccc(-c2csc3ncnc(NCc4ccnc(N5CCN(C)CC5)n4)c23)cc1C. The average Bonchev–Trinajstić information content (AvgIpc) is 3.25. The molecule has 1 aliphatic heterocycles. The van der Waals surface area contributed by atoms with Crippen LogP contribution in [0.4, 0.5) is 11.8 Å². The van der Waals surface area contributed by atoms with Gasteiger partial charge in [-0.25, -0.2) is 19.9 Å². The zero-order valence-electron chi connectivity index (χ0n) is 18.7. The lowest BCUT2D eigenvalue weighted by molar-refractivity contribution is 0.311. The highest BCUT2D eigenvalue weighted by molar-refractivity contribution is 7.17. The molecule has 0 aliphatic carbocycles. The molecule has 8 heteroatoms. The summed E-state index contributed by atoms with van der Waals surface area (Å²) in [7, 11) is 2.15. The topological polar surface area (TPSA) is 70.1 Å². The summed E-state index contributed by atoms with van der Waals surface area (Å²) in [5.41, 5.74) is 5.88. The van der Waals surface area contributed by atoms with Gasteiger partial charge in [0.2, 0.25) is 5.95 Å². The van der Waals surface area contributed by atoms with E-state index in [0.717, 1.165) is 59.4 Å². The molecule has 7 nitrogen and oxygen atoms in total. The molecular formula is C24H27N7S. The van der Waals surface area contributed by atoms with Crippen LogP contribution in [0.25, 0.3) is 21.3 Å². The molecule has 0 saturated carbocycles. The second-order valence-electron chi connectivity index (χ2n) is 8.34. The third-order valence-corrected chi connectivity index (χ3v) is 7.00. The summed E-state index contributed by atoms with van der Waals surface area (Å²) in [6.45, 7) is 8.84. The highest BCUT2D eigenvalue weighted by Crippen LogP contribution is 2.37. The van der Waals surface area contributed by atoms with Crippen molar-refractivity contribution >= 4 is 33.3 Å². The molecule has 0 radical (unpaired) electrons. The van der Waals surface area contributed by atoms with Crippen molar-refractivity contribution in [3.8, 4) is 11.1 Å². The highest BCUT2D eigenvalue weighted by atomic mass is 32.1. The number of aryl methyl sites for hydroxylation is 2. The maximum atomic E-state index is 4.80. The molecule has 0 bridgehead atoms. The first-order chi connectivity index (χ1) is 15.6. The van der Waals surface area contributed by atoms with Gasteiger partial charge in [-0.2, -0.15) is 0 Å². The van der Waals surface area contributed by atoms with Crippen LogP contribution >= 0.6 is 11.3 Å². The maximum Gasteiger partial charge on any atom is 0.225 e. The molecule has 5 rings (SSSR count). The van der Waals surface area contributed by atoms with Crippen LogP contribution in [0.1, 0.15) is 16.8 Å². The number of piperazine rings is 1. The van der Waals surface area contributed by atoms with Crippen molar-refractivity contribution in [1.82, 2.24) is 24.8 Å². The Kier molecular flexibility index (Phi) is 5.71. The number of fused-ring (bicyclic) bond motifs is 1. The van der Waals surface area contributed by atoms with Crippen LogP contribution in [0.15, 0.2) is 42.2 Å². The van der Waals surface area contributed by atoms with Crippen LogP contribution in [0.5, 0.6) is 0 Å². The number of rotatable bonds is 5. The Bertz CT molecular complexity index is 1240. The van der Waals surface area contributed by atoms with Gasteiger partial charge in [0.05, 0.1) is 17.6 Å². The van der Waals surface area contributed by atoms with Crippen LogP contribution in [0, 0.1) is 13.8 Å². The van der Waals surface area contributed by atoms with Crippen LogP contribution in [0.3, 0.4) is 0 Å².